The van der Waals surface area contributed by atoms with Crippen LogP contribution in [0.25, 0.3) is 27.0 Å². The first-order valence-electron chi connectivity index (χ1n) is 13.0. The molecule has 9 nitrogen and oxygen atoms in total. The molecule has 0 spiro atoms. The quantitative estimate of drug-likeness (QED) is 0.295. The zero-order valence-corrected chi connectivity index (χ0v) is 23.2. The maximum absolute atomic E-state index is 14.6. The van der Waals surface area contributed by atoms with Crippen molar-refractivity contribution in [1.82, 2.24) is 24.6 Å². The highest BCUT2D eigenvalue weighted by Gasteiger charge is 2.28. The Morgan fingerprint density at radius 1 is 1.07 bits per heavy atom. The summed E-state index contributed by atoms with van der Waals surface area (Å²) in [4.78, 5) is 27.5. The van der Waals surface area contributed by atoms with E-state index >= 15 is 0 Å². The number of piperazine rings is 1. The van der Waals surface area contributed by atoms with Gasteiger partial charge in [0, 0.05) is 38.7 Å². The van der Waals surface area contributed by atoms with Crippen LogP contribution in [-0.2, 0) is 11.2 Å². The lowest BCUT2D eigenvalue weighted by Gasteiger charge is -2.36. The van der Waals surface area contributed by atoms with E-state index in [0.29, 0.717) is 50.8 Å². The smallest absolute Gasteiger partial charge is 0.410 e. The summed E-state index contributed by atoms with van der Waals surface area (Å²) < 4.78 is 41.0. The highest BCUT2D eigenvalue weighted by Crippen LogP contribution is 2.43. The molecule has 1 saturated heterocycles. The molecule has 6 rings (SSSR count). The Labute approximate surface area is 241 Å². The molecule has 41 heavy (non-hydrogen) atoms. The first kappa shape index (κ1) is 28.5. The molecule has 0 atom stereocenters. The average molecular weight is 583 g/mol. The van der Waals surface area contributed by atoms with Crippen LogP contribution in [0.2, 0.25) is 0 Å². The largest absolute Gasteiger partial charge is 0.491 e. The third-order valence-electron chi connectivity index (χ3n) is 6.66. The van der Waals surface area contributed by atoms with Gasteiger partial charge in [-0.3, -0.25) is 0 Å². The van der Waals surface area contributed by atoms with Crippen LogP contribution in [0, 0.1) is 11.6 Å². The van der Waals surface area contributed by atoms with Gasteiger partial charge in [0.05, 0.1) is 16.4 Å². The molecule has 1 aromatic carbocycles. The molecule has 1 amide bonds. The number of aromatic nitrogens is 4. The third kappa shape index (κ3) is 5.74. The molecule has 3 aromatic heterocycles. The van der Waals surface area contributed by atoms with Gasteiger partial charge in [-0.05, 0) is 56.7 Å². The summed E-state index contributed by atoms with van der Waals surface area (Å²) in [5.41, 5.74) is 1.36. The highest BCUT2D eigenvalue weighted by atomic mass is 32.1. The lowest BCUT2D eigenvalue weighted by molar-refractivity contribution is 0.0240. The van der Waals surface area contributed by atoms with Gasteiger partial charge in [-0.2, -0.15) is 5.10 Å². The number of halogens is 2. The fourth-order valence-electron chi connectivity index (χ4n) is 4.77. The molecular weight excluding hydrogens is 550 g/mol. The van der Waals surface area contributed by atoms with Gasteiger partial charge in [0.1, 0.15) is 40.7 Å². The number of ether oxygens (including phenoxy) is 2. The number of carbonyl (C=O) groups is 1. The molecule has 1 fully saturated rings. The summed E-state index contributed by atoms with van der Waals surface area (Å²) in [5, 5.41) is 4.20. The Kier molecular flexibility index (Phi) is 7.69. The van der Waals surface area contributed by atoms with Crippen LogP contribution in [0.5, 0.6) is 5.75 Å². The number of hydrogen-bond acceptors (Lipinski definition) is 8. The molecule has 4 aromatic rings. The summed E-state index contributed by atoms with van der Waals surface area (Å²) in [7, 11) is 0. The molecule has 0 aliphatic carbocycles. The minimum atomic E-state index is -0.721. The molecule has 12 heteroatoms. The molecule has 0 N–H and O–H groups in total. The summed E-state index contributed by atoms with van der Waals surface area (Å²) in [5.74, 6) is 0.567. The monoisotopic (exact) mass is 582 g/mol. The molecule has 0 unspecified atom stereocenters. The Balaban J connectivity index is 0.00000337. The zero-order chi connectivity index (χ0) is 28.0. The Bertz CT molecular complexity index is 1570. The van der Waals surface area contributed by atoms with Crippen molar-refractivity contribution in [1.29, 1.82) is 0 Å². The van der Waals surface area contributed by atoms with Crippen LogP contribution in [-0.4, -0.2) is 69.1 Å². The van der Waals surface area contributed by atoms with Crippen molar-refractivity contribution in [3.8, 4) is 32.7 Å². The topological polar surface area (TPSA) is 85.6 Å². The molecule has 5 heterocycles. The van der Waals surface area contributed by atoms with Crippen molar-refractivity contribution in [3.05, 3.63) is 59.9 Å². The van der Waals surface area contributed by atoms with Gasteiger partial charge >= 0.3 is 6.09 Å². The fraction of sp³-hybridized carbons (Fsp3) is 0.379. The van der Waals surface area contributed by atoms with Crippen LogP contribution in [0.4, 0.5) is 19.4 Å². The summed E-state index contributed by atoms with van der Waals surface area (Å²) in [6.45, 7) is 8.39. The van der Waals surface area contributed by atoms with Gasteiger partial charge in [-0.1, -0.05) is 7.43 Å². The van der Waals surface area contributed by atoms with Gasteiger partial charge < -0.3 is 19.3 Å². The molecule has 0 saturated carbocycles. The first-order chi connectivity index (χ1) is 19.2. The van der Waals surface area contributed by atoms with Crippen LogP contribution >= 0.6 is 11.3 Å². The minimum absolute atomic E-state index is 0. The standard InChI is InChI=1S/C28H28F2N6O3S.CH4/c1-28(2,3)39-27(37)35-11-9-34(10-12-35)23-7-6-21-24(33-23)25-17(8-13-38-21)14-22(40-25)26-31-16-32-36(26)20-5-4-18(29)15-19(20)30;/h4-7,14-16H,8-13H2,1-3H3;1H4. The van der Waals surface area contributed by atoms with E-state index in [1.165, 1.54) is 34.5 Å². The van der Waals surface area contributed by atoms with Crippen LogP contribution in [0.3, 0.4) is 0 Å². The molecule has 216 valence electrons. The highest BCUT2D eigenvalue weighted by molar-refractivity contribution is 7.19. The van der Waals surface area contributed by atoms with Gasteiger partial charge in [0.2, 0.25) is 0 Å². The fourth-order valence-corrected chi connectivity index (χ4v) is 5.96. The number of carbonyl (C=O) groups excluding carboxylic acids is 1. The molecular formula is C29H32F2N6O3S. The van der Waals surface area contributed by atoms with E-state index < -0.39 is 17.2 Å². The second kappa shape index (κ2) is 11.1. The van der Waals surface area contributed by atoms with Crippen molar-refractivity contribution in [3.63, 3.8) is 0 Å². The summed E-state index contributed by atoms with van der Waals surface area (Å²) in [6, 6.07) is 9.25. The lowest BCUT2D eigenvalue weighted by atomic mass is 10.1. The van der Waals surface area contributed by atoms with E-state index in [1.807, 2.05) is 39.0 Å². The normalized spacial score (nSPS) is 14.9. The van der Waals surface area contributed by atoms with Crippen molar-refractivity contribution in [2.45, 2.75) is 40.2 Å². The maximum Gasteiger partial charge on any atom is 0.410 e. The molecule has 2 aliphatic rings. The number of thiophene rings is 1. The van der Waals surface area contributed by atoms with Crippen LogP contribution in [0.1, 0.15) is 33.8 Å². The number of amides is 1. The lowest BCUT2D eigenvalue weighted by Crippen LogP contribution is -2.50. The number of benzene rings is 1. The zero-order valence-electron chi connectivity index (χ0n) is 22.4. The predicted molar refractivity (Wildman–Crippen MR) is 154 cm³/mol. The van der Waals surface area contributed by atoms with Gasteiger partial charge in [-0.15, -0.1) is 11.3 Å². The molecule has 0 bridgehead atoms. The number of nitrogens with zero attached hydrogens (tertiary/aromatic N) is 6. The van der Waals surface area contributed by atoms with Gasteiger partial charge in [0.25, 0.3) is 0 Å². The third-order valence-corrected chi connectivity index (χ3v) is 7.84. The van der Waals surface area contributed by atoms with Crippen LogP contribution < -0.4 is 9.64 Å². The summed E-state index contributed by atoms with van der Waals surface area (Å²) in [6.07, 6.45) is 1.72. The predicted octanol–water partition coefficient (Wildman–Crippen LogP) is 5.96. The number of fused-ring (bicyclic) bond motifs is 3. The average Bonchev–Trinajstić information content (AvgIpc) is 3.52. The molecule has 0 radical (unpaired) electrons. The maximum atomic E-state index is 14.6. The molecule has 2 aliphatic heterocycles. The first-order valence-corrected chi connectivity index (χ1v) is 13.8. The van der Waals surface area contributed by atoms with Crippen molar-refractivity contribution in [2.75, 3.05) is 37.7 Å². The van der Waals surface area contributed by atoms with E-state index in [1.54, 1.807) is 4.90 Å². The van der Waals surface area contributed by atoms with E-state index in [4.69, 9.17) is 14.5 Å². The Morgan fingerprint density at radius 2 is 1.85 bits per heavy atom. The van der Waals surface area contributed by atoms with E-state index in [-0.39, 0.29) is 19.2 Å². The Hall–Kier alpha value is -4.06. The Morgan fingerprint density at radius 3 is 2.59 bits per heavy atom. The second-order valence-corrected chi connectivity index (χ2v) is 11.7. The number of hydrogen-bond donors (Lipinski definition) is 0. The van der Waals surface area contributed by atoms with Crippen molar-refractivity contribution >= 4 is 23.2 Å². The van der Waals surface area contributed by atoms with Gasteiger partial charge in [-0.25, -0.2) is 28.2 Å². The van der Waals surface area contributed by atoms with Crippen molar-refractivity contribution in [2.24, 2.45) is 0 Å². The second-order valence-electron chi connectivity index (χ2n) is 10.6. The number of pyridine rings is 1. The van der Waals surface area contributed by atoms with Gasteiger partial charge in [0.15, 0.2) is 11.6 Å². The van der Waals surface area contributed by atoms with E-state index in [2.05, 4.69) is 15.0 Å². The SMILES string of the molecule is C.CC(C)(C)OC(=O)N1CCN(c2ccc3c(n2)-c2sc(-c4ncnn4-c4ccc(F)cc4F)cc2CCO3)CC1. The number of anilines is 1. The number of rotatable bonds is 3. The minimum Gasteiger partial charge on any atom is -0.491 e. The van der Waals surface area contributed by atoms with E-state index in [0.717, 1.165) is 32.9 Å². The summed E-state index contributed by atoms with van der Waals surface area (Å²) >= 11 is 1.48. The van der Waals surface area contributed by atoms with E-state index in [9.17, 15) is 13.6 Å². The van der Waals surface area contributed by atoms with Crippen LogP contribution in [0.15, 0.2) is 42.7 Å². The van der Waals surface area contributed by atoms with Crippen molar-refractivity contribution < 1.29 is 23.0 Å².